The van der Waals surface area contributed by atoms with Crippen molar-refractivity contribution in [1.82, 2.24) is 0 Å². The van der Waals surface area contributed by atoms with Crippen molar-refractivity contribution in [1.29, 1.82) is 0 Å². The number of sulfonamides is 1. The third-order valence-corrected chi connectivity index (χ3v) is 3.44. The van der Waals surface area contributed by atoms with Crippen LogP contribution in [0.15, 0.2) is 23.1 Å². The Morgan fingerprint density at radius 1 is 1.40 bits per heavy atom. The van der Waals surface area contributed by atoms with Crippen LogP contribution in [0.4, 0.5) is 11.4 Å². The molecular weight excluding hydrogens is 282 g/mol. The Hall–Kier alpha value is -1.80. The summed E-state index contributed by atoms with van der Waals surface area (Å²) in [6.45, 7) is 2.51. The summed E-state index contributed by atoms with van der Waals surface area (Å²) < 4.78 is 27.7. The molecule has 0 aliphatic heterocycles. The number of rotatable bonds is 7. The fourth-order valence-corrected chi connectivity index (χ4v) is 2.36. The molecule has 1 aromatic rings. The van der Waals surface area contributed by atoms with E-state index in [1.165, 1.54) is 6.07 Å². The van der Waals surface area contributed by atoms with Crippen LogP contribution in [0.2, 0.25) is 0 Å². The van der Waals surface area contributed by atoms with Crippen LogP contribution < -0.4 is 16.2 Å². The molecular formula is C12H19N3O4S. The first-order valence-corrected chi connectivity index (χ1v) is 7.71. The number of anilines is 2. The van der Waals surface area contributed by atoms with E-state index in [0.29, 0.717) is 30.9 Å². The minimum atomic E-state index is -3.85. The van der Waals surface area contributed by atoms with E-state index in [0.717, 1.165) is 0 Å². The highest BCUT2D eigenvalue weighted by molar-refractivity contribution is 7.89. The van der Waals surface area contributed by atoms with Crippen LogP contribution in [0.3, 0.4) is 0 Å². The maximum atomic E-state index is 11.4. The summed E-state index contributed by atoms with van der Waals surface area (Å²) in [5.41, 5.74) is 6.22. The summed E-state index contributed by atoms with van der Waals surface area (Å²) in [6.07, 6.45) is 0.786. The van der Waals surface area contributed by atoms with E-state index >= 15 is 0 Å². The fraction of sp³-hybridized carbons (Fsp3) is 0.417. The zero-order valence-corrected chi connectivity index (χ0v) is 12.1. The number of ether oxygens (including phenoxy) is 1. The number of benzene rings is 1. The van der Waals surface area contributed by atoms with Gasteiger partial charge in [0.1, 0.15) is 4.90 Å². The van der Waals surface area contributed by atoms with Gasteiger partial charge in [0.05, 0.1) is 12.3 Å². The third kappa shape index (κ3) is 5.06. The Labute approximate surface area is 118 Å². The molecule has 0 heterocycles. The van der Waals surface area contributed by atoms with Crippen molar-refractivity contribution in [3.8, 4) is 0 Å². The van der Waals surface area contributed by atoms with Gasteiger partial charge in [-0.15, -0.1) is 0 Å². The first-order chi connectivity index (χ1) is 9.34. The second-order valence-corrected chi connectivity index (χ2v) is 5.67. The molecule has 8 heteroatoms. The average molecular weight is 301 g/mol. The molecule has 1 aromatic carbocycles. The maximum absolute atomic E-state index is 11.4. The van der Waals surface area contributed by atoms with Crippen LogP contribution in [0.25, 0.3) is 0 Å². The van der Waals surface area contributed by atoms with Crippen LogP contribution in [-0.2, 0) is 19.6 Å². The molecule has 0 fully saturated rings. The quantitative estimate of drug-likeness (QED) is 0.386. The van der Waals surface area contributed by atoms with Gasteiger partial charge in [0.25, 0.3) is 0 Å². The summed E-state index contributed by atoms with van der Waals surface area (Å²) in [5, 5.41) is 8.04. The molecule has 112 valence electrons. The van der Waals surface area contributed by atoms with Gasteiger partial charge < -0.3 is 15.8 Å². The van der Waals surface area contributed by atoms with Gasteiger partial charge in [0.15, 0.2) is 0 Å². The van der Waals surface area contributed by atoms with Gasteiger partial charge in [-0.1, -0.05) is 0 Å². The molecule has 0 amide bonds. The van der Waals surface area contributed by atoms with E-state index < -0.39 is 10.0 Å². The van der Waals surface area contributed by atoms with Crippen molar-refractivity contribution in [2.45, 2.75) is 24.7 Å². The predicted octanol–water partition coefficient (Wildman–Crippen LogP) is 0.671. The van der Waals surface area contributed by atoms with Gasteiger partial charge in [-0.3, -0.25) is 4.79 Å². The molecule has 0 aliphatic carbocycles. The van der Waals surface area contributed by atoms with E-state index in [1.54, 1.807) is 19.1 Å². The summed E-state index contributed by atoms with van der Waals surface area (Å²) in [7, 11) is -3.85. The van der Waals surface area contributed by atoms with Crippen molar-refractivity contribution >= 4 is 27.4 Å². The van der Waals surface area contributed by atoms with Crippen LogP contribution in [0.1, 0.15) is 19.8 Å². The van der Waals surface area contributed by atoms with Crippen molar-refractivity contribution in [2.24, 2.45) is 5.14 Å². The fourth-order valence-electron chi connectivity index (χ4n) is 1.61. The molecule has 1 rings (SSSR count). The van der Waals surface area contributed by atoms with Crippen LogP contribution in [-0.4, -0.2) is 27.5 Å². The lowest BCUT2D eigenvalue weighted by molar-refractivity contribution is -0.143. The van der Waals surface area contributed by atoms with Gasteiger partial charge in [-0.25, -0.2) is 13.6 Å². The molecule has 0 unspecified atom stereocenters. The second-order valence-electron chi connectivity index (χ2n) is 4.14. The van der Waals surface area contributed by atoms with Crippen LogP contribution in [0.5, 0.6) is 0 Å². The molecule has 0 aliphatic rings. The van der Waals surface area contributed by atoms with Crippen molar-refractivity contribution in [3.63, 3.8) is 0 Å². The lowest BCUT2D eigenvalue weighted by Gasteiger charge is -2.11. The monoisotopic (exact) mass is 301 g/mol. The van der Waals surface area contributed by atoms with E-state index in [-0.39, 0.29) is 17.3 Å². The van der Waals surface area contributed by atoms with E-state index in [4.69, 9.17) is 15.6 Å². The van der Waals surface area contributed by atoms with Crippen molar-refractivity contribution in [2.75, 3.05) is 24.2 Å². The first kappa shape index (κ1) is 16.3. The van der Waals surface area contributed by atoms with Gasteiger partial charge in [0, 0.05) is 18.7 Å². The van der Waals surface area contributed by atoms with Gasteiger partial charge in [-0.05, 0) is 31.5 Å². The van der Waals surface area contributed by atoms with Gasteiger partial charge >= 0.3 is 5.97 Å². The molecule has 0 saturated carbocycles. The van der Waals surface area contributed by atoms with Crippen LogP contribution in [0, 0.1) is 0 Å². The number of nitrogen functional groups attached to an aromatic ring is 1. The summed E-state index contributed by atoms with van der Waals surface area (Å²) in [4.78, 5) is 11.1. The number of carbonyl (C=O) groups is 1. The van der Waals surface area contributed by atoms with Crippen LogP contribution >= 0.6 is 0 Å². The minimum absolute atomic E-state index is 0.0614. The molecule has 0 radical (unpaired) electrons. The second kappa shape index (κ2) is 7.11. The molecule has 0 spiro atoms. The minimum Gasteiger partial charge on any atom is -0.466 e. The number of carbonyl (C=O) groups excluding carboxylic acids is 1. The molecule has 20 heavy (non-hydrogen) atoms. The zero-order valence-electron chi connectivity index (χ0n) is 11.3. The highest BCUT2D eigenvalue weighted by Crippen LogP contribution is 2.22. The maximum Gasteiger partial charge on any atom is 0.305 e. The number of esters is 1. The standard InChI is InChI=1S/C12H19N3O4S/c1-2-19-12(16)4-3-7-15-10-6-5-9(13)8-11(10)20(14,17)18/h5-6,8,15H,2-4,7,13H2,1H3,(H2,14,17,18). The van der Waals surface area contributed by atoms with Crippen molar-refractivity contribution < 1.29 is 17.9 Å². The number of hydrogen-bond donors (Lipinski definition) is 3. The number of nitrogens with one attached hydrogen (secondary N) is 1. The number of hydrogen-bond acceptors (Lipinski definition) is 6. The summed E-state index contributed by atoms with van der Waals surface area (Å²) >= 11 is 0. The van der Waals surface area contributed by atoms with E-state index in [9.17, 15) is 13.2 Å². The van der Waals surface area contributed by atoms with Gasteiger partial charge in [-0.2, -0.15) is 0 Å². The first-order valence-electron chi connectivity index (χ1n) is 6.16. The highest BCUT2D eigenvalue weighted by atomic mass is 32.2. The lowest BCUT2D eigenvalue weighted by Crippen LogP contribution is -2.16. The predicted molar refractivity (Wildman–Crippen MR) is 76.6 cm³/mol. The normalized spacial score (nSPS) is 11.1. The molecule has 0 bridgehead atoms. The molecule has 5 N–H and O–H groups in total. The van der Waals surface area contributed by atoms with Crippen molar-refractivity contribution in [3.05, 3.63) is 18.2 Å². The molecule has 0 saturated heterocycles. The van der Waals surface area contributed by atoms with E-state index in [2.05, 4.69) is 5.32 Å². The Morgan fingerprint density at radius 3 is 2.70 bits per heavy atom. The largest absolute Gasteiger partial charge is 0.466 e. The Morgan fingerprint density at radius 2 is 2.10 bits per heavy atom. The molecule has 7 nitrogen and oxygen atoms in total. The smallest absolute Gasteiger partial charge is 0.305 e. The number of nitrogens with two attached hydrogens (primary N) is 2. The topological polar surface area (TPSA) is 125 Å². The SMILES string of the molecule is CCOC(=O)CCCNc1ccc(N)cc1S(N)(=O)=O. The Bertz CT molecular complexity index is 572. The number of primary sulfonamides is 1. The summed E-state index contributed by atoms with van der Waals surface area (Å²) in [5.74, 6) is -0.279. The lowest BCUT2D eigenvalue weighted by atomic mass is 10.2. The zero-order chi connectivity index (χ0) is 15.2. The summed E-state index contributed by atoms with van der Waals surface area (Å²) in [6, 6.07) is 4.41. The Kier molecular flexibility index (Phi) is 5.78. The van der Waals surface area contributed by atoms with Gasteiger partial charge in [0.2, 0.25) is 10.0 Å². The van der Waals surface area contributed by atoms with E-state index in [1.807, 2.05) is 0 Å². The molecule has 0 atom stereocenters. The molecule has 0 aromatic heterocycles. The highest BCUT2D eigenvalue weighted by Gasteiger charge is 2.14. The third-order valence-electron chi connectivity index (χ3n) is 2.49. The average Bonchev–Trinajstić information content (AvgIpc) is 2.35. The Balaban J connectivity index is 2.63.